The number of H-pyrrole nitrogens is 1. The van der Waals surface area contributed by atoms with Gasteiger partial charge in [-0.1, -0.05) is 61.5 Å². The number of carbonyl (C=O) groups is 1. The number of likely N-dealkylation sites (N-methyl/N-ethyl adjacent to an activating group) is 1. The Kier molecular flexibility index (Phi) is 8.89. The summed E-state index contributed by atoms with van der Waals surface area (Å²) in [6, 6.07) is 25.3. The molecule has 0 fully saturated rings. The van der Waals surface area contributed by atoms with Crippen LogP contribution in [0.25, 0.3) is 22.0 Å². The van der Waals surface area contributed by atoms with E-state index in [-0.39, 0.29) is 5.91 Å². The molecule has 0 aliphatic carbocycles. The van der Waals surface area contributed by atoms with Crippen molar-refractivity contribution in [1.29, 1.82) is 0 Å². The van der Waals surface area contributed by atoms with Gasteiger partial charge in [0.25, 0.3) is 0 Å². The molecule has 1 heterocycles. The monoisotopic (exact) mass is 494 g/mol. The fraction of sp³-hybridized carbons (Fsp3) is 0.226. The molecule has 0 saturated heterocycles. The maximum Gasteiger partial charge on any atom is 0.245 e. The van der Waals surface area contributed by atoms with E-state index >= 15 is 0 Å². The molecule has 6 heteroatoms. The lowest BCUT2D eigenvalue weighted by atomic mass is 9.88. The lowest BCUT2D eigenvalue weighted by Crippen LogP contribution is -2.22. The minimum absolute atomic E-state index is 0.0188. The van der Waals surface area contributed by atoms with Crippen molar-refractivity contribution < 1.29 is 9.53 Å². The largest absolute Gasteiger partial charge is 0.492 e. The molecular weight excluding hydrogens is 460 g/mol. The molecule has 1 amide bonds. The molecular formula is C31H34N4O2. The molecule has 0 aliphatic heterocycles. The number of hydrogen-bond donors (Lipinski definition) is 2. The smallest absolute Gasteiger partial charge is 0.245 e. The van der Waals surface area contributed by atoms with Crippen LogP contribution in [0.1, 0.15) is 30.0 Å². The van der Waals surface area contributed by atoms with Crippen molar-refractivity contribution in [1.82, 2.24) is 20.4 Å². The van der Waals surface area contributed by atoms with Gasteiger partial charge in [-0.25, -0.2) is 0 Å². The van der Waals surface area contributed by atoms with E-state index in [1.807, 2.05) is 24.4 Å². The molecule has 0 unspecified atom stereocenters. The number of fused-ring (bicyclic) bond motifs is 1. The highest BCUT2D eigenvalue weighted by atomic mass is 16.5. The van der Waals surface area contributed by atoms with Crippen molar-refractivity contribution in [2.75, 3.05) is 33.8 Å². The topological polar surface area (TPSA) is 70.2 Å². The number of amides is 1. The molecule has 4 aromatic rings. The number of nitrogens with one attached hydrogen (secondary N) is 2. The van der Waals surface area contributed by atoms with Gasteiger partial charge in [-0.3, -0.25) is 9.89 Å². The van der Waals surface area contributed by atoms with Crippen molar-refractivity contribution in [2.45, 2.75) is 13.3 Å². The zero-order chi connectivity index (χ0) is 26.0. The molecule has 2 N–H and O–H groups in total. The van der Waals surface area contributed by atoms with E-state index < -0.39 is 0 Å². The third-order valence-corrected chi connectivity index (χ3v) is 6.16. The predicted octanol–water partition coefficient (Wildman–Crippen LogP) is 5.54. The number of aromatic amines is 1. The summed E-state index contributed by atoms with van der Waals surface area (Å²) in [4.78, 5) is 13.1. The predicted molar refractivity (Wildman–Crippen MR) is 151 cm³/mol. The van der Waals surface area contributed by atoms with Crippen LogP contribution in [0.5, 0.6) is 5.75 Å². The third kappa shape index (κ3) is 6.74. The van der Waals surface area contributed by atoms with Crippen LogP contribution in [0.2, 0.25) is 0 Å². The Morgan fingerprint density at radius 2 is 1.76 bits per heavy atom. The zero-order valence-corrected chi connectivity index (χ0v) is 21.7. The highest BCUT2D eigenvalue weighted by Crippen LogP contribution is 2.36. The summed E-state index contributed by atoms with van der Waals surface area (Å²) in [5, 5.41) is 11.6. The first-order valence-electron chi connectivity index (χ1n) is 12.6. The number of carbonyl (C=O) groups excluding carboxylic acids is 1. The third-order valence-electron chi connectivity index (χ3n) is 6.16. The molecule has 6 nitrogen and oxygen atoms in total. The lowest BCUT2D eigenvalue weighted by Gasteiger charge is -2.17. The highest BCUT2D eigenvalue weighted by Gasteiger charge is 2.14. The summed E-state index contributed by atoms with van der Waals surface area (Å²) in [6.07, 6.45) is 6.17. The van der Waals surface area contributed by atoms with Crippen LogP contribution in [-0.2, 0) is 4.79 Å². The Bertz CT molecular complexity index is 1370. The summed E-state index contributed by atoms with van der Waals surface area (Å²) >= 11 is 0. The number of rotatable bonds is 11. The van der Waals surface area contributed by atoms with Crippen molar-refractivity contribution in [3.63, 3.8) is 0 Å². The molecule has 3 aromatic carbocycles. The van der Waals surface area contributed by atoms with E-state index in [2.05, 4.69) is 83.1 Å². The number of nitrogens with zero attached hydrogens (tertiary/aromatic N) is 2. The van der Waals surface area contributed by atoms with Crippen molar-refractivity contribution in [2.24, 2.45) is 0 Å². The van der Waals surface area contributed by atoms with Crippen LogP contribution in [0, 0.1) is 0 Å². The molecule has 0 saturated carbocycles. The van der Waals surface area contributed by atoms with Crippen molar-refractivity contribution >= 4 is 28.0 Å². The van der Waals surface area contributed by atoms with E-state index in [0.29, 0.717) is 19.7 Å². The average molecular weight is 495 g/mol. The van der Waals surface area contributed by atoms with Gasteiger partial charge in [0.1, 0.15) is 12.4 Å². The molecule has 0 bridgehead atoms. The standard InChI is InChI=1S/C31H34N4O2/c1-4-28(23-9-6-5-7-10-23)31(25-14-17-29-26(21-25)22-33-34-29)24-12-15-27(16-13-24)37-20-19-32-18-8-11-30(36)35(2)3/h5-17,21-22,32H,4,18-20H2,1-3H3,(H,33,34)/b11-8+,31-28-. The Labute approximate surface area is 218 Å². The van der Waals surface area contributed by atoms with Gasteiger partial charge in [-0.05, 0) is 58.5 Å². The van der Waals surface area contributed by atoms with Gasteiger partial charge >= 0.3 is 0 Å². The van der Waals surface area contributed by atoms with Crippen LogP contribution in [0.4, 0.5) is 0 Å². The SMILES string of the molecule is CC/C(=C(\c1ccc(OCCNC/C=C/C(=O)N(C)C)cc1)c1ccc2[nH]ncc2c1)c1ccccc1. The van der Waals surface area contributed by atoms with E-state index in [0.717, 1.165) is 34.2 Å². The molecule has 1 aromatic heterocycles. The first-order valence-corrected chi connectivity index (χ1v) is 12.6. The number of hydrogen-bond acceptors (Lipinski definition) is 4. The van der Waals surface area contributed by atoms with Gasteiger partial charge in [0.15, 0.2) is 0 Å². The Morgan fingerprint density at radius 3 is 2.49 bits per heavy atom. The Hall–Kier alpha value is -4.16. The van der Waals surface area contributed by atoms with Crippen LogP contribution in [0.3, 0.4) is 0 Å². The quantitative estimate of drug-likeness (QED) is 0.163. The molecule has 37 heavy (non-hydrogen) atoms. The van der Waals surface area contributed by atoms with E-state index in [4.69, 9.17) is 4.74 Å². The summed E-state index contributed by atoms with van der Waals surface area (Å²) in [5.74, 6) is 0.806. The lowest BCUT2D eigenvalue weighted by molar-refractivity contribution is -0.123. The number of ether oxygens (including phenoxy) is 1. The van der Waals surface area contributed by atoms with E-state index in [1.54, 1.807) is 25.1 Å². The Morgan fingerprint density at radius 1 is 1.00 bits per heavy atom. The van der Waals surface area contributed by atoms with Gasteiger partial charge in [0, 0.05) is 38.6 Å². The first-order chi connectivity index (χ1) is 18.1. The van der Waals surface area contributed by atoms with Crippen LogP contribution in [0.15, 0.2) is 91.1 Å². The van der Waals surface area contributed by atoms with Gasteiger partial charge in [-0.15, -0.1) is 0 Å². The van der Waals surface area contributed by atoms with Gasteiger partial charge in [0.2, 0.25) is 5.91 Å². The fourth-order valence-corrected chi connectivity index (χ4v) is 4.23. The maximum atomic E-state index is 11.5. The molecule has 0 spiro atoms. The molecule has 0 atom stereocenters. The minimum atomic E-state index is -0.0188. The van der Waals surface area contributed by atoms with Gasteiger partial charge in [-0.2, -0.15) is 5.10 Å². The minimum Gasteiger partial charge on any atom is -0.492 e. The normalized spacial score (nSPS) is 12.1. The molecule has 0 aliphatic rings. The summed E-state index contributed by atoms with van der Waals surface area (Å²) < 4.78 is 5.94. The Balaban J connectivity index is 1.50. The average Bonchev–Trinajstić information content (AvgIpc) is 3.40. The van der Waals surface area contributed by atoms with Gasteiger partial charge in [0.05, 0.1) is 11.7 Å². The summed E-state index contributed by atoms with van der Waals surface area (Å²) in [7, 11) is 3.47. The number of allylic oxidation sites excluding steroid dienone is 1. The van der Waals surface area contributed by atoms with Gasteiger partial charge < -0.3 is 15.0 Å². The van der Waals surface area contributed by atoms with E-state index in [1.165, 1.54) is 16.7 Å². The molecule has 190 valence electrons. The number of aromatic nitrogens is 2. The summed E-state index contributed by atoms with van der Waals surface area (Å²) in [6.45, 7) is 4.05. The van der Waals surface area contributed by atoms with Crippen LogP contribution in [-0.4, -0.2) is 54.8 Å². The maximum absolute atomic E-state index is 11.5. The molecule has 4 rings (SSSR count). The second kappa shape index (κ2) is 12.7. The fourth-order valence-electron chi connectivity index (χ4n) is 4.23. The van der Waals surface area contributed by atoms with Crippen molar-refractivity contribution in [3.05, 3.63) is 108 Å². The second-order valence-corrected chi connectivity index (χ2v) is 8.96. The summed E-state index contributed by atoms with van der Waals surface area (Å²) in [5.41, 5.74) is 7.06. The van der Waals surface area contributed by atoms with Crippen molar-refractivity contribution in [3.8, 4) is 5.75 Å². The second-order valence-electron chi connectivity index (χ2n) is 8.96. The van der Waals surface area contributed by atoms with Crippen LogP contribution < -0.4 is 10.1 Å². The van der Waals surface area contributed by atoms with Crippen LogP contribution >= 0.6 is 0 Å². The molecule has 0 radical (unpaired) electrons. The highest BCUT2D eigenvalue weighted by molar-refractivity contribution is 6.00. The van der Waals surface area contributed by atoms with E-state index in [9.17, 15) is 4.79 Å². The first kappa shape index (κ1) is 25.9. The number of benzene rings is 3. The zero-order valence-electron chi connectivity index (χ0n) is 21.7.